The molecule has 0 spiro atoms. The van der Waals surface area contributed by atoms with Crippen molar-refractivity contribution in [3.8, 4) is 11.5 Å². The van der Waals surface area contributed by atoms with Crippen molar-refractivity contribution >= 4 is 17.2 Å². The average molecular weight is 542 g/mol. The summed E-state index contributed by atoms with van der Waals surface area (Å²) >= 11 is 0. The summed E-state index contributed by atoms with van der Waals surface area (Å²) in [6.45, 7) is 3.60. The Morgan fingerprint density at radius 1 is 0.744 bits per heavy atom. The monoisotopic (exact) mass is 541 g/mol. The third-order valence-corrected chi connectivity index (χ3v) is 7.80. The molecule has 2 aromatic rings. The molecule has 0 bridgehead atoms. The van der Waals surface area contributed by atoms with Crippen molar-refractivity contribution in [2.45, 2.75) is 57.4 Å². The van der Waals surface area contributed by atoms with Gasteiger partial charge in [-0.1, -0.05) is 0 Å². The summed E-state index contributed by atoms with van der Waals surface area (Å²) in [4.78, 5) is 35.1. The topological polar surface area (TPSA) is 134 Å². The number of carbonyl (C=O) groups is 1. The van der Waals surface area contributed by atoms with Gasteiger partial charge in [0.15, 0.2) is 11.5 Å². The smallest absolute Gasteiger partial charge is 0.311 e. The second-order valence-corrected chi connectivity index (χ2v) is 10.0. The molecule has 2 aromatic carbocycles. The van der Waals surface area contributed by atoms with Crippen molar-refractivity contribution in [1.82, 2.24) is 4.90 Å². The average Bonchev–Trinajstić information content (AvgIpc) is 3.27. The second-order valence-electron chi connectivity index (χ2n) is 10.0. The van der Waals surface area contributed by atoms with Crippen molar-refractivity contribution in [3.05, 3.63) is 66.7 Å². The molecule has 0 N–H and O–H groups in total. The van der Waals surface area contributed by atoms with Crippen molar-refractivity contribution in [3.63, 3.8) is 0 Å². The lowest BCUT2D eigenvalue weighted by Gasteiger charge is -2.33. The lowest BCUT2D eigenvalue weighted by atomic mass is 10.0. The van der Waals surface area contributed by atoms with E-state index >= 15 is 0 Å². The zero-order valence-electron chi connectivity index (χ0n) is 22.5. The van der Waals surface area contributed by atoms with E-state index < -0.39 is 4.92 Å². The highest BCUT2D eigenvalue weighted by Gasteiger charge is 2.26. The number of morpholine rings is 1. The Labute approximate surface area is 227 Å². The van der Waals surface area contributed by atoms with E-state index in [4.69, 9.17) is 14.2 Å². The largest absolute Gasteiger partial charge is 0.490 e. The summed E-state index contributed by atoms with van der Waals surface area (Å²) in [5, 5.41) is 22.0. The third kappa shape index (κ3) is 6.90. The Balaban J connectivity index is 0.000000187. The SMILES string of the molecule is COc1cc2c(cc1[N+](=O)[O-])CCC(=O)CC2.COc1cc2c(cc1[N+](=O)[O-])CCC(N1CCOCC1)CC2. The maximum absolute atomic E-state index is 11.4. The molecule has 11 heteroatoms. The van der Waals surface area contributed by atoms with Gasteiger partial charge >= 0.3 is 11.4 Å². The van der Waals surface area contributed by atoms with Crippen LogP contribution in [0.25, 0.3) is 0 Å². The number of Topliss-reactive ketones (excluding diaryl/α,β-unsaturated/α-hetero) is 1. The molecule has 11 nitrogen and oxygen atoms in total. The number of rotatable bonds is 5. The molecule has 0 aromatic heterocycles. The molecule has 1 atom stereocenters. The standard InChI is InChI=1S/C16H22N2O4.C12H13NO4/c1-21-16-11-13-3-5-14(17-6-8-22-9-7-17)4-2-12(13)10-15(16)18(19)20;1-17-12-7-9-3-5-10(14)4-2-8(9)6-11(12)13(15)16/h10-11,14H,2-9H2,1H3;6-7H,2-5H2,1H3. The number of benzene rings is 2. The summed E-state index contributed by atoms with van der Waals surface area (Å²) in [5.41, 5.74) is 4.22. The number of methoxy groups -OCH3 is 2. The number of fused-ring (bicyclic) bond motifs is 2. The molecule has 5 rings (SSSR count). The molecular formula is C28H35N3O8. The quantitative estimate of drug-likeness (QED) is 0.309. The van der Waals surface area contributed by atoms with Crippen LogP contribution in [0.4, 0.5) is 11.4 Å². The number of carbonyl (C=O) groups excluding carboxylic acids is 1. The highest BCUT2D eigenvalue weighted by Crippen LogP contribution is 2.35. The molecule has 2 aliphatic carbocycles. The van der Waals surface area contributed by atoms with Gasteiger partial charge in [0.25, 0.3) is 0 Å². The fourth-order valence-corrected chi connectivity index (χ4v) is 5.62. The number of aryl methyl sites for hydroxylation is 4. The van der Waals surface area contributed by atoms with Crippen LogP contribution in [0.5, 0.6) is 11.5 Å². The van der Waals surface area contributed by atoms with E-state index in [9.17, 15) is 25.0 Å². The Morgan fingerprint density at radius 2 is 1.18 bits per heavy atom. The molecule has 1 fully saturated rings. The first-order valence-corrected chi connectivity index (χ1v) is 13.3. The Hall–Kier alpha value is -3.57. The van der Waals surface area contributed by atoms with Gasteiger partial charge in [-0.3, -0.25) is 29.9 Å². The highest BCUT2D eigenvalue weighted by atomic mass is 16.6. The van der Waals surface area contributed by atoms with E-state index in [0.717, 1.165) is 68.7 Å². The highest BCUT2D eigenvalue weighted by molar-refractivity contribution is 5.80. The van der Waals surface area contributed by atoms with Crippen molar-refractivity contribution in [2.75, 3.05) is 40.5 Å². The van der Waals surface area contributed by atoms with Crippen molar-refractivity contribution < 1.29 is 28.9 Å². The first-order chi connectivity index (χ1) is 18.8. The van der Waals surface area contributed by atoms with Crippen LogP contribution >= 0.6 is 0 Å². The molecule has 0 saturated carbocycles. The van der Waals surface area contributed by atoms with Crippen LogP contribution in [-0.2, 0) is 35.2 Å². The van der Waals surface area contributed by atoms with E-state index in [0.29, 0.717) is 37.5 Å². The number of nitro benzene ring substituents is 2. The summed E-state index contributed by atoms with van der Waals surface area (Å²) in [7, 11) is 2.90. The van der Waals surface area contributed by atoms with E-state index in [2.05, 4.69) is 4.90 Å². The normalized spacial score (nSPS) is 19.3. The van der Waals surface area contributed by atoms with Crippen molar-refractivity contribution in [2.24, 2.45) is 0 Å². The zero-order valence-corrected chi connectivity index (χ0v) is 22.5. The van der Waals surface area contributed by atoms with Gasteiger partial charge in [-0.05, 0) is 72.9 Å². The predicted molar refractivity (Wildman–Crippen MR) is 144 cm³/mol. The third-order valence-electron chi connectivity index (χ3n) is 7.80. The lowest BCUT2D eigenvalue weighted by Crippen LogP contribution is -2.43. The van der Waals surface area contributed by atoms with Crippen LogP contribution in [0, 0.1) is 20.2 Å². The number of hydrogen-bond donors (Lipinski definition) is 0. The first kappa shape index (κ1) is 28.4. The maximum atomic E-state index is 11.4. The van der Waals surface area contributed by atoms with Crippen LogP contribution in [0.1, 0.15) is 47.9 Å². The molecule has 210 valence electrons. The molecule has 1 saturated heterocycles. The van der Waals surface area contributed by atoms with Crippen LogP contribution in [0.2, 0.25) is 0 Å². The first-order valence-electron chi connectivity index (χ1n) is 13.3. The summed E-state index contributed by atoms with van der Waals surface area (Å²) in [5.74, 6) is 0.847. The van der Waals surface area contributed by atoms with E-state index in [1.807, 2.05) is 6.07 Å². The number of nitrogens with zero attached hydrogens (tertiary/aromatic N) is 3. The molecule has 0 amide bonds. The van der Waals surface area contributed by atoms with Gasteiger partial charge in [0.2, 0.25) is 0 Å². The fourth-order valence-electron chi connectivity index (χ4n) is 5.62. The van der Waals surface area contributed by atoms with Gasteiger partial charge in [-0.25, -0.2) is 0 Å². The van der Waals surface area contributed by atoms with E-state index in [1.165, 1.54) is 25.8 Å². The number of hydrogen-bond acceptors (Lipinski definition) is 9. The van der Waals surface area contributed by atoms with Gasteiger partial charge in [0.05, 0.1) is 37.3 Å². The summed E-state index contributed by atoms with van der Waals surface area (Å²) in [6, 6.07) is 7.32. The second kappa shape index (κ2) is 13.0. The van der Waals surface area contributed by atoms with Crippen LogP contribution in [-0.4, -0.2) is 67.1 Å². The number of ketones is 1. The minimum atomic E-state index is -0.453. The van der Waals surface area contributed by atoms with Crippen molar-refractivity contribution in [1.29, 1.82) is 0 Å². The van der Waals surface area contributed by atoms with Crippen LogP contribution in [0.15, 0.2) is 24.3 Å². The van der Waals surface area contributed by atoms with Gasteiger partial charge in [0.1, 0.15) is 5.78 Å². The minimum Gasteiger partial charge on any atom is -0.490 e. The summed E-state index contributed by atoms with van der Waals surface area (Å²) < 4.78 is 15.6. The van der Waals surface area contributed by atoms with Gasteiger partial charge in [-0.15, -0.1) is 0 Å². The Kier molecular flexibility index (Phi) is 9.47. The summed E-state index contributed by atoms with van der Waals surface area (Å²) in [6.07, 6.45) is 6.18. The fraction of sp³-hybridized carbons (Fsp3) is 0.536. The molecular weight excluding hydrogens is 506 g/mol. The molecule has 39 heavy (non-hydrogen) atoms. The molecule has 3 aliphatic rings. The van der Waals surface area contributed by atoms with Gasteiger partial charge < -0.3 is 14.2 Å². The number of nitro groups is 2. The van der Waals surface area contributed by atoms with E-state index in [-0.39, 0.29) is 27.8 Å². The Bertz CT molecular complexity index is 1230. The van der Waals surface area contributed by atoms with Gasteiger partial charge in [0, 0.05) is 44.1 Å². The maximum Gasteiger partial charge on any atom is 0.311 e. The number of ether oxygens (including phenoxy) is 3. The molecule has 1 unspecified atom stereocenters. The van der Waals surface area contributed by atoms with Gasteiger partial charge in [-0.2, -0.15) is 0 Å². The molecule has 0 radical (unpaired) electrons. The molecule has 1 aliphatic heterocycles. The Morgan fingerprint density at radius 3 is 1.64 bits per heavy atom. The predicted octanol–water partition coefficient (Wildman–Crippen LogP) is 4.23. The minimum absolute atomic E-state index is 0.0272. The van der Waals surface area contributed by atoms with Crippen LogP contribution in [0.3, 0.4) is 0 Å². The zero-order chi connectivity index (χ0) is 27.9. The lowest BCUT2D eigenvalue weighted by molar-refractivity contribution is -0.386. The van der Waals surface area contributed by atoms with Crippen LogP contribution < -0.4 is 9.47 Å². The van der Waals surface area contributed by atoms with E-state index in [1.54, 1.807) is 12.1 Å². The molecule has 1 heterocycles.